The fraction of sp³-hybridized carbons (Fsp3) is 0.583. The second kappa shape index (κ2) is 7.28. The Morgan fingerprint density at radius 1 is 1.45 bits per heavy atom. The zero-order valence-corrected chi connectivity index (χ0v) is 13.3. The predicted molar refractivity (Wildman–Crippen MR) is 79.9 cm³/mol. The van der Waals surface area contributed by atoms with Crippen molar-refractivity contribution in [3.63, 3.8) is 0 Å². The largest absolute Gasteiger partial charge is 0.444 e. The number of alkyl carbamates (subject to hydrolysis) is 1. The van der Waals surface area contributed by atoms with Crippen molar-refractivity contribution in [3.05, 3.63) is 21.2 Å². The van der Waals surface area contributed by atoms with Crippen molar-refractivity contribution in [2.75, 3.05) is 18.4 Å². The van der Waals surface area contributed by atoms with Crippen LogP contribution in [0.2, 0.25) is 0 Å². The fourth-order valence-corrected chi connectivity index (χ4v) is 1.66. The van der Waals surface area contributed by atoms with Gasteiger partial charge in [-0.05, 0) is 43.1 Å². The number of ether oxygens (including phenoxy) is 1. The van der Waals surface area contributed by atoms with E-state index in [0.717, 1.165) is 0 Å². The summed E-state index contributed by atoms with van der Waals surface area (Å²) < 4.78 is 5.46. The number of carbonyl (C=O) groups excluding carboxylic acids is 1. The first kappa shape index (κ1) is 16.5. The van der Waals surface area contributed by atoms with Gasteiger partial charge in [0.2, 0.25) is 0 Å². The Hall–Kier alpha value is -1.57. The Bertz CT molecular complexity index is 510. The Balaban J connectivity index is 2.24. The highest BCUT2D eigenvalue weighted by molar-refractivity contribution is 9.10. The van der Waals surface area contributed by atoms with E-state index in [0.29, 0.717) is 29.8 Å². The summed E-state index contributed by atoms with van der Waals surface area (Å²) in [5.41, 5.74) is -0.739. The summed E-state index contributed by atoms with van der Waals surface area (Å²) in [6.07, 6.45) is 1.57. The van der Waals surface area contributed by atoms with Gasteiger partial charge >= 0.3 is 6.09 Å². The number of rotatable bonds is 5. The van der Waals surface area contributed by atoms with Crippen LogP contribution in [-0.4, -0.2) is 34.8 Å². The first-order valence-electron chi connectivity index (χ1n) is 6.23. The predicted octanol–water partition coefficient (Wildman–Crippen LogP) is 1.86. The summed E-state index contributed by atoms with van der Waals surface area (Å²) in [6.45, 7) is 6.48. The van der Waals surface area contributed by atoms with Gasteiger partial charge in [-0.1, -0.05) is 0 Å². The molecule has 1 aromatic rings. The maximum absolute atomic E-state index is 11.4. The average molecular weight is 347 g/mol. The summed E-state index contributed by atoms with van der Waals surface area (Å²) in [5, 5.41) is 5.66. The number of amides is 1. The monoisotopic (exact) mass is 346 g/mol. The molecule has 7 nitrogen and oxygen atoms in total. The molecule has 0 radical (unpaired) electrons. The maximum atomic E-state index is 11.4. The number of anilines is 1. The Labute approximate surface area is 125 Å². The molecule has 0 aliphatic rings. The smallest absolute Gasteiger partial charge is 0.407 e. The van der Waals surface area contributed by atoms with Crippen LogP contribution in [0, 0.1) is 0 Å². The second-order valence-electron chi connectivity index (χ2n) is 5.10. The lowest BCUT2D eigenvalue weighted by atomic mass is 10.2. The molecule has 0 bridgehead atoms. The topological polar surface area (TPSA) is 96.1 Å². The first-order chi connectivity index (χ1) is 9.29. The minimum absolute atomic E-state index is 0.241. The summed E-state index contributed by atoms with van der Waals surface area (Å²) in [6, 6.07) is 0. The molecular weight excluding hydrogens is 328 g/mol. The third kappa shape index (κ3) is 6.05. The molecular formula is C12H19BrN4O3. The average Bonchev–Trinajstić information content (AvgIpc) is 2.31. The first-order valence-corrected chi connectivity index (χ1v) is 7.03. The lowest BCUT2D eigenvalue weighted by molar-refractivity contribution is 0.0528. The van der Waals surface area contributed by atoms with Gasteiger partial charge in [-0.3, -0.25) is 4.79 Å². The molecule has 0 spiro atoms. The van der Waals surface area contributed by atoms with Gasteiger partial charge < -0.3 is 20.4 Å². The van der Waals surface area contributed by atoms with E-state index >= 15 is 0 Å². The van der Waals surface area contributed by atoms with Crippen molar-refractivity contribution in [1.82, 2.24) is 15.3 Å². The van der Waals surface area contributed by atoms with E-state index < -0.39 is 11.7 Å². The molecule has 20 heavy (non-hydrogen) atoms. The van der Waals surface area contributed by atoms with Gasteiger partial charge in [-0.15, -0.1) is 0 Å². The van der Waals surface area contributed by atoms with Gasteiger partial charge in [0.15, 0.2) is 0 Å². The van der Waals surface area contributed by atoms with E-state index in [-0.39, 0.29) is 5.56 Å². The van der Waals surface area contributed by atoms with Crippen LogP contribution in [0.4, 0.5) is 10.6 Å². The molecule has 1 heterocycles. The van der Waals surface area contributed by atoms with Crippen LogP contribution in [0.25, 0.3) is 0 Å². The summed E-state index contributed by atoms with van der Waals surface area (Å²) in [4.78, 5) is 29.1. The van der Waals surface area contributed by atoms with E-state index in [1.54, 1.807) is 0 Å². The molecule has 3 N–H and O–H groups in total. The van der Waals surface area contributed by atoms with Crippen molar-refractivity contribution in [2.45, 2.75) is 32.8 Å². The highest BCUT2D eigenvalue weighted by Crippen LogP contribution is 2.12. The van der Waals surface area contributed by atoms with E-state index in [9.17, 15) is 9.59 Å². The van der Waals surface area contributed by atoms with E-state index in [1.807, 2.05) is 20.8 Å². The van der Waals surface area contributed by atoms with Crippen LogP contribution < -0.4 is 16.2 Å². The van der Waals surface area contributed by atoms with Crippen molar-refractivity contribution in [3.8, 4) is 0 Å². The minimum Gasteiger partial charge on any atom is -0.444 e. The molecule has 1 aromatic heterocycles. The maximum Gasteiger partial charge on any atom is 0.407 e. The number of H-pyrrole nitrogens is 1. The van der Waals surface area contributed by atoms with Crippen LogP contribution in [0.5, 0.6) is 0 Å². The van der Waals surface area contributed by atoms with Crippen LogP contribution in [-0.2, 0) is 4.74 Å². The van der Waals surface area contributed by atoms with Crippen LogP contribution >= 0.6 is 15.9 Å². The lowest BCUT2D eigenvalue weighted by Gasteiger charge is -2.19. The number of aromatic amines is 1. The molecule has 0 saturated heterocycles. The molecule has 0 aromatic carbocycles. The Morgan fingerprint density at radius 2 is 2.15 bits per heavy atom. The Morgan fingerprint density at radius 3 is 2.80 bits per heavy atom. The number of aromatic nitrogens is 2. The van der Waals surface area contributed by atoms with Gasteiger partial charge in [-0.25, -0.2) is 9.78 Å². The summed E-state index contributed by atoms with van der Waals surface area (Å²) in [7, 11) is 0. The quantitative estimate of drug-likeness (QED) is 0.707. The molecule has 0 unspecified atom stereocenters. The third-order valence-electron chi connectivity index (χ3n) is 2.11. The highest BCUT2D eigenvalue weighted by Gasteiger charge is 2.15. The minimum atomic E-state index is -0.498. The molecule has 112 valence electrons. The number of halogens is 1. The van der Waals surface area contributed by atoms with Gasteiger partial charge in [-0.2, -0.15) is 0 Å². The molecule has 0 aliphatic carbocycles. The zero-order valence-electron chi connectivity index (χ0n) is 11.7. The number of nitrogens with one attached hydrogen (secondary N) is 3. The molecule has 1 amide bonds. The zero-order chi connectivity index (χ0) is 15.2. The van der Waals surface area contributed by atoms with Crippen LogP contribution in [0.15, 0.2) is 15.6 Å². The standard InChI is InChI=1S/C12H19BrN4O3/c1-12(2,3)20-11(19)15-6-4-5-14-9-8(13)10(18)17-7-16-9/h7H,4-6H2,1-3H3,(H,15,19)(H2,14,16,17,18). The Kier molecular flexibility index (Phi) is 6.00. The van der Waals surface area contributed by atoms with Crippen molar-refractivity contribution in [2.24, 2.45) is 0 Å². The number of hydrogen-bond acceptors (Lipinski definition) is 5. The third-order valence-corrected chi connectivity index (χ3v) is 2.85. The van der Waals surface area contributed by atoms with Gasteiger partial charge in [0, 0.05) is 13.1 Å². The molecule has 1 rings (SSSR count). The molecule has 0 atom stereocenters. The summed E-state index contributed by atoms with van der Waals surface area (Å²) in [5.74, 6) is 0.478. The van der Waals surface area contributed by atoms with Crippen molar-refractivity contribution < 1.29 is 9.53 Å². The molecule has 0 aliphatic heterocycles. The van der Waals surface area contributed by atoms with E-state index in [1.165, 1.54) is 6.33 Å². The highest BCUT2D eigenvalue weighted by atomic mass is 79.9. The van der Waals surface area contributed by atoms with E-state index in [4.69, 9.17) is 4.74 Å². The second-order valence-corrected chi connectivity index (χ2v) is 5.90. The number of nitrogens with zero attached hydrogens (tertiary/aromatic N) is 1. The molecule has 0 fully saturated rings. The van der Waals surface area contributed by atoms with Gasteiger partial charge in [0.05, 0.1) is 6.33 Å². The van der Waals surface area contributed by atoms with Crippen molar-refractivity contribution in [1.29, 1.82) is 0 Å². The normalized spacial score (nSPS) is 11.0. The lowest BCUT2D eigenvalue weighted by Crippen LogP contribution is -2.33. The number of hydrogen-bond donors (Lipinski definition) is 3. The molecule has 0 saturated carbocycles. The van der Waals surface area contributed by atoms with Crippen LogP contribution in [0.3, 0.4) is 0 Å². The number of carbonyl (C=O) groups is 1. The van der Waals surface area contributed by atoms with Gasteiger partial charge in [0.1, 0.15) is 15.9 Å². The summed E-state index contributed by atoms with van der Waals surface area (Å²) >= 11 is 3.15. The van der Waals surface area contributed by atoms with Crippen LogP contribution in [0.1, 0.15) is 27.2 Å². The fourth-order valence-electron chi connectivity index (χ4n) is 1.31. The van der Waals surface area contributed by atoms with Crippen molar-refractivity contribution >= 4 is 27.8 Å². The SMILES string of the molecule is CC(C)(C)OC(=O)NCCCNc1nc[nH]c(=O)c1Br. The van der Waals surface area contributed by atoms with E-state index in [2.05, 4.69) is 36.5 Å². The van der Waals surface area contributed by atoms with Gasteiger partial charge in [0.25, 0.3) is 5.56 Å². The molecule has 8 heteroatoms.